The van der Waals surface area contributed by atoms with Crippen molar-refractivity contribution < 1.29 is 21.3 Å². The van der Waals surface area contributed by atoms with Crippen LogP contribution in [0.4, 0.5) is 5.69 Å². The van der Waals surface area contributed by atoms with Crippen LogP contribution in [0.2, 0.25) is 0 Å². The Morgan fingerprint density at radius 3 is 2.67 bits per heavy atom. The molecule has 0 radical (unpaired) electrons. The molecular formula is C17H11N3O5S2. The minimum absolute atomic E-state index is 0.0372. The highest BCUT2D eigenvalue weighted by Crippen LogP contribution is 2.46. The lowest BCUT2D eigenvalue weighted by Gasteiger charge is -2.05. The van der Waals surface area contributed by atoms with E-state index in [1.165, 1.54) is 30.5 Å². The largest absolute Gasteiger partial charge is 0.465 e. The van der Waals surface area contributed by atoms with Gasteiger partial charge in [0.25, 0.3) is 5.70 Å². The van der Waals surface area contributed by atoms with Gasteiger partial charge in [0.1, 0.15) is 5.76 Å². The van der Waals surface area contributed by atoms with Crippen LogP contribution < -0.4 is 4.72 Å². The summed E-state index contributed by atoms with van der Waals surface area (Å²) in [5, 5.41) is 9.27. The molecule has 136 valence electrons. The first-order chi connectivity index (χ1) is 12.7. The van der Waals surface area contributed by atoms with Crippen molar-refractivity contribution in [1.82, 2.24) is 0 Å². The van der Waals surface area contributed by atoms with Crippen LogP contribution in [0.25, 0.3) is 16.5 Å². The predicted molar refractivity (Wildman–Crippen MR) is 97.9 cm³/mol. The Morgan fingerprint density at radius 2 is 2.11 bits per heavy atom. The first kappa shape index (κ1) is 18.5. The Labute approximate surface area is 155 Å². The minimum atomic E-state index is -4.10. The monoisotopic (exact) mass is 401 g/mol. The van der Waals surface area contributed by atoms with Gasteiger partial charge in [-0.3, -0.25) is 4.72 Å². The van der Waals surface area contributed by atoms with Gasteiger partial charge in [-0.2, -0.15) is 0 Å². The van der Waals surface area contributed by atoms with Crippen molar-refractivity contribution in [2.75, 3.05) is 11.0 Å². The van der Waals surface area contributed by atoms with Gasteiger partial charge in [-0.1, -0.05) is 6.07 Å². The Hall–Kier alpha value is -3.34. The number of furan rings is 1. The van der Waals surface area contributed by atoms with E-state index in [4.69, 9.17) is 11.0 Å². The normalized spacial score (nSPS) is 18.4. The molecule has 0 bridgehead atoms. The molecule has 0 amide bonds. The standard InChI is InChI=1S/C17H11N3O5S2/c1-19-14(10-18)17-13-6-5-11(20-26(2,21)22)8-15(13)27(23,24)16(17)9-12-4-3-7-25-12/h3-9,20H,2H3/b16-9?,17-14+. The van der Waals surface area contributed by atoms with E-state index in [-0.39, 0.29) is 38.1 Å². The van der Waals surface area contributed by atoms with Gasteiger partial charge in [0.05, 0.1) is 35.0 Å². The van der Waals surface area contributed by atoms with Crippen LogP contribution in [0.5, 0.6) is 0 Å². The van der Waals surface area contributed by atoms with Gasteiger partial charge in [0, 0.05) is 11.3 Å². The van der Waals surface area contributed by atoms with Gasteiger partial charge in [0.15, 0.2) is 0 Å². The second-order valence-electron chi connectivity index (χ2n) is 5.56. The maximum absolute atomic E-state index is 13.0. The summed E-state index contributed by atoms with van der Waals surface area (Å²) in [5.41, 5.74) is -0.220. The van der Waals surface area contributed by atoms with Crippen LogP contribution in [0.3, 0.4) is 0 Å². The SMILES string of the molecule is [C-]#[N+]/C(C#N)=C1/C(=Cc2ccco2)S(=O)(=O)c2cc(NS(C)(=O)=O)ccc21. The Kier molecular flexibility index (Phi) is 4.39. The van der Waals surface area contributed by atoms with Gasteiger partial charge in [-0.15, -0.1) is 0 Å². The molecule has 2 heterocycles. The zero-order chi connectivity index (χ0) is 19.8. The summed E-state index contributed by atoms with van der Waals surface area (Å²) < 4.78 is 56.3. The number of sulfonamides is 1. The van der Waals surface area contributed by atoms with E-state index in [1.54, 1.807) is 12.1 Å². The van der Waals surface area contributed by atoms with E-state index >= 15 is 0 Å². The van der Waals surface area contributed by atoms with Crippen LogP contribution in [-0.2, 0) is 19.9 Å². The molecule has 0 saturated carbocycles. The maximum Gasteiger partial charge on any atom is 0.270 e. The summed E-state index contributed by atoms with van der Waals surface area (Å²) in [4.78, 5) is 2.69. The van der Waals surface area contributed by atoms with E-state index in [9.17, 15) is 22.1 Å². The number of nitriles is 1. The molecule has 0 atom stereocenters. The predicted octanol–water partition coefficient (Wildman–Crippen LogP) is 2.63. The molecule has 27 heavy (non-hydrogen) atoms. The average Bonchev–Trinajstić information content (AvgIpc) is 3.16. The first-order valence-corrected chi connectivity index (χ1v) is 10.7. The summed E-state index contributed by atoms with van der Waals surface area (Å²) in [6.45, 7) is 7.20. The van der Waals surface area contributed by atoms with E-state index in [2.05, 4.69) is 9.57 Å². The molecule has 0 unspecified atom stereocenters. The molecule has 10 heteroatoms. The third-order valence-corrected chi connectivity index (χ3v) is 6.07. The van der Waals surface area contributed by atoms with Crippen LogP contribution in [0.1, 0.15) is 11.3 Å². The van der Waals surface area contributed by atoms with Gasteiger partial charge < -0.3 is 4.42 Å². The molecule has 0 saturated heterocycles. The second-order valence-corrected chi connectivity index (χ2v) is 9.19. The number of anilines is 1. The molecule has 1 aromatic carbocycles. The van der Waals surface area contributed by atoms with Crippen LogP contribution >= 0.6 is 0 Å². The van der Waals surface area contributed by atoms with Crippen molar-refractivity contribution in [3.63, 3.8) is 0 Å². The van der Waals surface area contributed by atoms with Gasteiger partial charge >= 0.3 is 0 Å². The maximum atomic E-state index is 13.0. The molecule has 1 aliphatic rings. The topological polar surface area (TPSA) is 122 Å². The van der Waals surface area contributed by atoms with Crippen molar-refractivity contribution in [3.05, 3.63) is 69.9 Å². The molecule has 8 nitrogen and oxygen atoms in total. The minimum Gasteiger partial charge on any atom is -0.465 e. The van der Waals surface area contributed by atoms with Crippen molar-refractivity contribution >= 4 is 37.2 Å². The number of allylic oxidation sites excluding steroid dienone is 2. The van der Waals surface area contributed by atoms with E-state index in [0.29, 0.717) is 0 Å². The van der Waals surface area contributed by atoms with E-state index in [0.717, 1.165) is 12.3 Å². The molecule has 0 spiro atoms. The summed E-state index contributed by atoms with van der Waals surface area (Å²) in [7, 11) is -7.71. The third kappa shape index (κ3) is 3.36. The number of sulfone groups is 1. The molecular weight excluding hydrogens is 390 g/mol. The van der Waals surface area contributed by atoms with E-state index < -0.39 is 19.9 Å². The fourth-order valence-electron chi connectivity index (χ4n) is 2.65. The zero-order valence-corrected chi connectivity index (χ0v) is 15.4. The van der Waals surface area contributed by atoms with Crippen molar-refractivity contribution in [2.45, 2.75) is 4.90 Å². The molecule has 2 aromatic rings. The molecule has 3 rings (SSSR count). The number of rotatable bonds is 3. The lowest BCUT2D eigenvalue weighted by Crippen LogP contribution is -2.10. The van der Waals surface area contributed by atoms with Gasteiger partial charge in [0.2, 0.25) is 19.9 Å². The van der Waals surface area contributed by atoms with Crippen molar-refractivity contribution in [2.24, 2.45) is 0 Å². The summed E-state index contributed by atoms with van der Waals surface area (Å²) >= 11 is 0. The van der Waals surface area contributed by atoms with Crippen molar-refractivity contribution in [1.29, 1.82) is 5.26 Å². The highest BCUT2D eigenvalue weighted by molar-refractivity contribution is 7.96. The molecule has 1 aliphatic heterocycles. The number of fused-ring (bicyclic) bond motifs is 1. The highest BCUT2D eigenvalue weighted by Gasteiger charge is 2.38. The first-order valence-electron chi connectivity index (χ1n) is 7.32. The molecule has 1 aromatic heterocycles. The fourth-order valence-corrected chi connectivity index (χ4v) is 4.93. The fraction of sp³-hybridized carbons (Fsp3) is 0.0588. The van der Waals surface area contributed by atoms with Gasteiger partial charge in [-0.05, 0) is 35.9 Å². The molecule has 1 N–H and O–H groups in total. The second kappa shape index (κ2) is 6.43. The number of hydrogen-bond acceptors (Lipinski definition) is 6. The Balaban J connectivity index is 2.33. The summed E-state index contributed by atoms with van der Waals surface area (Å²) in [5.74, 6) is 0.232. The number of hydrogen-bond donors (Lipinski definition) is 1. The number of nitrogens with one attached hydrogen (secondary N) is 1. The lowest BCUT2D eigenvalue weighted by atomic mass is 10.0. The lowest BCUT2D eigenvalue weighted by molar-refractivity contribution is 0.556. The Bertz CT molecular complexity index is 1270. The smallest absolute Gasteiger partial charge is 0.270 e. The molecule has 0 aliphatic carbocycles. The number of nitrogens with zero attached hydrogens (tertiary/aromatic N) is 2. The summed E-state index contributed by atoms with van der Waals surface area (Å²) in [6, 6.07) is 8.70. The molecule has 0 fully saturated rings. The quantitative estimate of drug-likeness (QED) is 0.623. The van der Waals surface area contributed by atoms with Crippen LogP contribution in [-0.4, -0.2) is 23.1 Å². The van der Waals surface area contributed by atoms with E-state index in [1.807, 2.05) is 0 Å². The van der Waals surface area contributed by atoms with Gasteiger partial charge in [-0.25, -0.2) is 26.9 Å². The third-order valence-electron chi connectivity index (χ3n) is 3.65. The average molecular weight is 401 g/mol. The summed E-state index contributed by atoms with van der Waals surface area (Å²) in [6.07, 6.45) is 3.53. The van der Waals surface area contributed by atoms with Crippen LogP contribution in [0.15, 0.2) is 56.5 Å². The van der Waals surface area contributed by atoms with Crippen molar-refractivity contribution in [3.8, 4) is 6.07 Å². The number of benzene rings is 1. The zero-order valence-electron chi connectivity index (χ0n) is 13.8. The highest BCUT2D eigenvalue weighted by atomic mass is 32.2. The Morgan fingerprint density at radius 1 is 1.37 bits per heavy atom. The van der Waals surface area contributed by atoms with Crippen LogP contribution in [0, 0.1) is 17.9 Å².